The number of carbonyl (C=O) groups is 1. The summed E-state index contributed by atoms with van der Waals surface area (Å²) in [5, 5.41) is 0. The number of imidazole rings is 1. The lowest BCUT2D eigenvalue weighted by Crippen LogP contribution is -2.39. The van der Waals surface area contributed by atoms with E-state index in [9.17, 15) is 18.0 Å². The molecule has 3 aromatic rings. The third kappa shape index (κ3) is 4.08. The molecule has 2 aliphatic heterocycles. The van der Waals surface area contributed by atoms with Crippen LogP contribution in [0.5, 0.6) is 0 Å². The fourth-order valence-electron chi connectivity index (χ4n) is 5.66. The van der Waals surface area contributed by atoms with Gasteiger partial charge in [-0.1, -0.05) is 12.1 Å². The number of para-hydroxylation sites is 2. The lowest BCUT2D eigenvalue weighted by Gasteiger charge is -2.32. The zero-order chi connectivity index (χ0) is 23.3. The maximum atomic E-state index is 13.1. The number of carbonyl (C=O) groups excluding carboxylic acids is 1. The lowest BCUT2D eigenvalue weighted by atomic mass is 10.0. The number of aromatic nitrogens is 3. The summed E-state index contributed by atoms with van der Waals surface area (Å²) in [5.74, 6) is 0.433. The Morgan fingerprint density at radius 1 is 1.06 bits per heavy atom. The highest BCUT2D eigenvalue weighted by Gasteiger charge is 2.32. The predicted octanol–water partition coefficient (Wildman–Crippen LogP) is 2.63. The molecule has 2 saturated heterocycles. The number of nitrogens with one attached hydrogen (secondary N) is 1. The standard InChI is InChI=1S/C24H30N4O4S/c1-16-13-20(17(2)27(16)19-9-12-33(31,32)15-19)23(29)14-26-10-7-18(8-11-26)28-22-6-4-3-5-21(22)25-24(28)30/h3-6,13,18-19H,7-12,14-15H2,1-2H3,(H,25,30)/t19-/m1/s1. The third-order valence-electron chi connectivity index (χ3n) is 7.27. The average Bonchev–Trinajstić information content (AvgIpc) is 3.40. The molecule has 0 bridgehead atoms. The molecule has 0 saturated carbocycles. The summed E-state index contributed by atoms with van der Waals surface area (Å²) in [6.07, 6.45) is 2.23. The van der Waals surface area contributed by atoms with E-state index in [1.54, 1.807) is 0 Å². The first-order valence-corrected chi connectivity index (χ1v) is 13.4. The van der Waals surface area contributed by atoms with Crippen molar-refractivity contribution in [3.8, 4) is 0 Å². The van der Waals surface area contributed by atoms with E-state index < -0.39 is 9.84 Å². The van der Waals surface area contributed by atoms with Crippen LogP contribution in [0.15, 0.2) is 35.1 Å². The minimum Gasteiger partial charge on any atom is -0.344 e. The molecule has 0 amide bonds. The van der Waals surface area contributed by atoms with E-state index in [1.807, 2.05) is 53.3 Å². The molecule has 0 spiro atoms. The minimum atomic E-state index is -2.99. The molecule has 2 aliphatic rings. The van der Waals surface area contributed by atoms with Gasteiger partial charge in [-0.05, 0) is 51.3 Å². The number of piperidine rings is 1. The Labute approximate surface area is 193 Å². The number of benzene rings is 1. The van der Waals surface area contributed by atoms with Crippen molar-refractivity contribution in [1.82, 2.24) is 19.0 Å². The van der Waals surface area contributed by atoms with Crippen LogP contribution >= 0.6 is 0 Å². The van der Waals surface area contributed by atoms with E-state index in [0.29, 0.717) is 18.5 Å². The Kier molecular flexibility index (Phi) is 5.56. The van der Waals surface area contributed by atoms with Crippen LogP contribution in [0.3, 0.4) is 0 Å². The molecule has 176 valence electrons. The van der Waals surface area contributed by atoms with Crippen LogP contribution in [-0.2, 0) is 9.84 Å². The van der Waals surface area contributed by atoms with E-state index in [-0.39, 0.29) is 35.1 Å². The topological polar surface area (TPSA) is 97.2 Å². The van der Waals surface area contributed by atoms with Gasteiger partial charge in [0.25, 0.3) is 0 Å². The second-order valence-corrected chi connectivity index (χ2v) is 11.7. The number of H-pyrrole nitrogens is 1. The minimum absolute atomic E-state index is 0.0675. The van der Waals surface area contributed by atoms with Crippen LogP contribution in [0.2, 0.25) is 0 Å². The second kappa shape index (κ2) is 8.29. The van der Waals surface area contributed by atoms with Gasteiger partial charge in [0.2, 0.25) is 0 Å². The first kappa shape index (κ1) is 22.2. The molecule has 1 aromatic carbocycles. The number of fused-ring (bicyclic) bond motifs is 1. The highest BCUT2D eigenvalue weighted by atomic mass is 32.2. The van der Waals surface area contributed by atoms with Crippen LogP contribution in [0, 0.1) is 13.8 Å². The Morgan fingerprint density at radius 3 is 2.48 bits per heavy atom. The normalized spacial score (nSPS) is 21.7. The SMILES string of the molecule is Cc1cc(C(=O)CN2CCC(n3c(=O)[nH]c4ccccc43)CC2)c(C)n1[C@@H]1CCS(=O)(=O)C1. The smallest absolute Gasteiger partial charge is 0.326 e. The van der Waals surface area contributed by atoms with Gasteiger partial charge in [-0.2, -0.15) is 0 Å². The summed E-state index contributed by atoms with van der Waals surface area (Å²) < 4.78 is 27.8. The highest BCUT2D eigenvalue weighted by Crippen LogP contribution is 2.30. The van der Waals surface area contributed by atoms with Gasteiger partial charge in [-0.3, -0.25) is 14.3 Å². The van der Waals surface area contributed by atoms with Crippen molar-refractivity contribution in [3.63, 3.8) is 0 Å². The summed E-state index contributed by atoms with van der Waals surface area (Å²) in [4.78, 5) is 30.7. The van der Waals surface area contributed by atoms with Crippen molar-refractivity contribution in [1.29, 1.82) is 0 Å². The molecule has 4 heterocycles. The van der Waals surface area contributed by atoms with Gasteiger partial charge in [0.1, 0.15) is 0 Å². The predicted molar refractivity (Wildman–Crippen MR) is 128 cm³/mol. The summed E-state index contributed by atoms with van der Waals surface area (Å²) >= 11 is 0. The fourth-order valence-corrected chi connectivity index (χ4v) is 7.36. The summed E-state index contributed by atoms with van der Waals surface area (Å²) in [6.45, 7) is 5.70. The molecule has 1 atom stereocenters. The molecule has 0 radical (unpaired) electrons. The van der Waals surface area contributed by atoms with Gasteiger partial charge in [0.15, 0.2) is 15.6 Å². The first-order chi connectivity index (χ1) is 15.7. The number of rotatable bonds is 5. The zero-order valence-corrected chi connectivity index (χ0v) is 19.9. The van der Waals surface area contributed by atoms with Gasteiger partial charge in [-0.15, -0.1) is 0 Å². The Morgan fingerprint density at radius 2 is 1.79 bits per heavy atom. The molecule has 5 rings (SSSR count). The highest BCUT2D eigenvalue weighted by molar-refractivity contribution is 7.91. The Balaban J connectivity index is 1.26. The number of sulfone groups is 1. The molecule has 0 aliphatic carbocycles. The van der Waals surface area contributed by atoms with Crippen molar-refractivity contribution >= 4 is 26.7 Å². The van der Waals surface area contributed by atoms with Crippen molar-refractivity contribution in [3.05, 3.63) is 57.8 Å². The van der Waals surface area contributed by atoms with E-state index >= 15 is 0 Å². The van der Waals surface area contributed by atoms with Crippen LogP contribution < -0.4 is 5.69 Å². The molecule has 1 N–H and O–H groups in total. The van der Waals surface area contributed by atoms with Crippen LogP contribution in [-0.4, -0.2) is 64.4 Å². The monoisotopic (exact) mass is 470 g/mol. The van der Waals surface area contributed by atoms with Gasteiger partial charge in [0.05, 0.1) is 29.1 Å². The lowest BCUT2D eigenvalue weighted by molar-refractivity contribution is 0.0897. The van der Waals surface area contributed by atoms with Crippen LogP contribution in [0.1, 0.15) is 53.1 Å². The number of nitrogens with zero attached hydrogens (tertiary/aromatic N) is 3. The molecule has 33 heavy (non-hydrogen) atoms. The quantitative estimate of drug-likeness (QED) is 0.578. The summed E-state index contributed by atoms with van der Waals surface area (Å²) in [6, 6.07) is 9.68. The number of aromatic amines is 1. The van der Waals surface area contributed by atoms with Crippen molar-refractivity contribution in [2.45, 2.75) is 45.2 Å². The molecule has 2 aromatic heterocycles. The maximum absolute atomic E-state index is 13.1. The maximum Gasteiger partial charge on any atom is 0.326 e. The third-order valence-corrected chi connectivity index (χ3v) is 9.02. The molecule has 0 unspecified atom stereocenters. The van der Waals surface area contributed by atoms with Gasteiger partial charge >= 0.3 is 5.69 Å². The number of hydrogen-bond donors (Lipinski definition) is 1. The summed E-state index contributed by atoms with van der Waals surface area (Å²) in [5.41, 5.74) is 4.19. The number of aryl methyl sites for hydroxylation is 1. The van der Waals surface area contributed by atoms with Crippen LogP contribution in [0.25, 0.3) is 11.0 Å². The number of hydrogen-bond acceptors (Lipinski definition) is 5. The van der Waals surface area contributed by atoms with Gasteiger partial charge in [-0.25, -0.2) is 13.2 Å². The largest absolute Gasteiger partial charge is 0.344 e. The number of ketones is 1. The van der Waals surface area contributed by atoms with Crippen molar-refractivity contribution < 1.29 is 13.2 Å². The Hall–Kier alpha value is -2.65. The number of likely N-dealkylation sites (tertiary alicyclic amines) is 1. The van der Waals surface area contributed by atoms with Gasteiger partial charge in [0, 0.05) is 42.1 Å². The molecule has 9 heteroatoms. The van der Waals surface area contributed by atoms with E-state index in [0.717, 1.165) is 48.4 Å². The average molecular weight is 471 g/mol. The van der Waals surface area contributed by atoms with Gasteiger partial charge < -0.3 is 9.55 Å². The van der Waals surface area contributed by atoms with E-state index in [4.69, 9.17) is 0 Å². The van der Waals surface area contributed by atoms with Crippen molar-refractivity contribution in [2.24, 2.45) is 0 Å². The summed E-state index contributed by atoms with van der Waals surface area (Å²) in [7, 11) is -2.99. The first-order valence-electron chi connectivity index (χ1n) is 11.6. The molecular weight excluding hydrogens is 440 g/mol. The molecule has 2 fully saturated rings. The van der Waals surface area contributed by atoms with Crippen LogP contribution in [0.4, 0.5) is 0 Å². The number of Topliss-reactive ketones (excluding diaryl/α,β-unsaturated/α-hetero) is 1. The Bertz CT molecular complexity index is 1370. The zero-order valence-electron chi connectivity index (χ0n) is 19.1. The molecule has 8 nitrogen and oxygen atoms in total. The fraction of sp³-hybridized carbons (Fsp3) is 0.500. The molecular formula is C24H30N4O4S. The van der Waals surface area contributed by atoms with Crippen molar-refractivity contribution in [2.75, 3.05) is 31.1 Å². The van der Waals surface area contributed by atoms with E-state index in [2.05, 4.69) is 9.88 Å². The second-order valence-electron chi connectivity index (χ2n) is 9.46. The van der Waals surface area contributed by atoms with E-state index in [1.165, 1.54) is 0 Å².